The molecule has 1 aromatic rings. The highest BCUT2D eigenvalue weighted by Gasteiger charge is 2.35. The molecule has 0 spiro atoms. The van der Waals surface area contributed by atoms with Gasteiger partial charge in [-0.25, -0.2) is 4.39 Å². The SMILES string of the molecule is COc1cccc([C@H](C2CCC2)N2CCNCC2)c1F.Cl. The summed E-state index contributed by atoms with van der Waals surface area (Å²) in [5.74, 6) is 0.780. The van der Waals surface area contributed by atoms with Gasteiger partial charge in [0.1, 0.15) is 0 Å². The molecule has 3 rings (SSSR count). The molecule has 1 saturated carbocycles. The van der Waals surface area contributed by atoms with Crippen LogP contribution in [0, 0.1) is 11.7 Å². The van der Waals surface area contributed by atoms with Gasteiger partial charge in [0, 0.05) is 37.8 Å². The summed E-state index contributed by atoms with van der Waals surface area (Å²) in [5.41, 5.74) is 0.816. The van der Waals surface area contributed by atoms with Crippen LogP contribution in [0.15, 0.2) is 18.2 Å². The van der Waals surface area contributed by atoms with Gasteiger partial charge in [-0.3, -0.25) is 4.90 Å². The van der Waals surface area contributed by atoms with Gasteiger partial charge in [0.25, 0.3) is 0 Å². The summed E-state index contributed by atoms with van der Waals surface area (Å²) in [4.78, 5) is 2.44. The molecule has 5 heteroatoms. The largest absolute Gasteiger partial charge is 0.494 e. The van der Waals surface area contributed by atoms with Crippen LogP contribution in [-0.2, 0) is 0 Å². The van der Waals surface area contributed by atoms with Crippen molar-refractivity contribution < 1.29 is 9.13 Å². The minimum absolute atomic E-state index is 0. The van der Waals surface area contributed by atoms with Crippen molar-refractivity contribution in [2.45, 2.75) is 25.3 Å². The van der Waals surface area contributed by atoms with Gasteiger partial charge in [-0.15, -0.1) is 12.4 Å². The van der Waals surface area contributed by atoms with Crippen molar-refractivity contribution in [3.8, 4) is 5.75 Å². The Labute approximate surface area is 132 Å². The summed E-state index contributed by atoms with van der Waals surface area (Å²) < 4.78 is 19.8. The van der Waals surface area contributed by atoms with Gasteiger partial charge < -0.3 is 10.1 Å². The minimum atomic E-state index is -0.176. The van der Waals surface area contributed by atoms with Crippen LogP contribution in [0.2, 0.25) is 0 Å². The maximum atomic E-state index is 14.6. The molecule has 21 heavy (non-hydrogen) atoms. The monoisotopic (exact) mass is 314 g/mol. The Hall–Kier alpha value is -0.840. The van der Waals surface area contributed by atoms with Crippen molar-refractivity contribution >= 4 is 12.4 Å². The highest BCUT2D eigenvalue weighted by atomic mass is 35.5. The van der Waals surface area contributed by atoms with Crippen LogP contribution in [0.1, 0.15) is 30.9 Å². The number of nitrogens with zero attached hydrogens (tertiary/aromatic N) is 1. The molecule has 0 unspecified atom stereocenters. The number of methoxy groups -OCH3 is 1. The van der Waals surface area contributed by atoms with Gasteiger partial charge in [0.05, 0.1) is 7.11 Å². The molecule has 1 N–H and O–H groups in total. The number of rotatable bonds is 4. The first kappa shape index (κ1) is 16.5. The molecule has 2 aliphatic rings. The average molecular weight is 315 g/mol. The average Bonchev–Trinajstić information content (AvgIpc) is 2.44. The van der Waals surface area contributed by atoms with Crippen molar-refractivity contribution in [1.29, 1.82) is 0 Å². The van der Waals surface area contributed by atoms with Gasteiger partial charge >= 0.3 is 0 Å². The maximum Gasteiger partial charge on any atom is 0.169 e. The molecular weight excluding hydrogens is 291 g/mol. The predicted molar refractivity (Wildman–Crippen MR) is 84.7 cm³/mol. The van der Waals surface area contributed by atoms with E-state index in [4.69, 9.17) is 4.74 Å². The van der Waals surface area contributed by atoms with Crippen molar-refractivity contribution in [3.05, 3.63) is 29.6 Å². The molecule has 118 valence electrons. The Morgan fingerprint density at radius 2 is 2.00 bits per heavy atom. The Balaban J connectivity index is 0.00000161. The summed E-state index contributed by atoms with van der Waals surface area (Å²) in [6.07, 6.45) is 3.70. The first-order valence-corrected chi connectivity index (χ1v) is 7.58. The lowest BCUT2D eigenvalue weighted by Gasteiger charge is -2.43. The number of hydrogen-bond donors (Lipinski definition) is 1. The number of hydrogen-bond acceptors (Lipinski definition) is 3. The lowest BCUT2D eigenvalue weighted by molar-refractivity contribution is 0.0808. The van der Waals surface area contributed by atoms with E-state index < -0.39 is 0 Å². The van der Waals surface area contributed by atoms with E-state index in [9.17, 15) is 4.39 Å². The first-order valence-electron chi connectivity index (χ1n) is 7.58. The van der Waals surface area contributed by atoms with Crippen LogP contribution in [0.3, 0.4) is 0 Å². The van der Waals surface area contributed by atoms with Gasteiger partial charge in [0.2, 0.25) is 0 Å². The third-order valence-corrected chi connectivity index (χ3v) is 4.67. The molecule has 1 aliphatic carbocycles. The zero-order chi connectivity index (χ0) is 13.9. The molecule has 1 saturated heterocycles. The van der Waals surface area contributed by atoms with Gasteiger partial charge in [-0.2, -0.15) is 0 Å². The topological polar surface area (TPSA) is 24.5 Å². The number of nitrogens with one attached hydrogen (secondary N) is 1. The molecule has 1 heterocycles. The number of piperazine rings is 1. The Morgan fingerprint density at radius 1 is 1.29 bits per heavy atom. The summed E-state index contributed by atoms with van der Waals surface area (Å²) in [7, 11) is 1.53. The van der Waals surface area contributed by atoms with Crippen LogP contribution in [0.25, 0.3) is 0 Å². The van der Waals surface area contributed by atoms with E-state index in [1.54, 1.807) is 6.07 Å². The Kier molecular flexibility index (Phi) is 5.85. The van der Waals surface area contributed by atoms with Crippen LogP contribution < -0.4 is 10.1 Å². The van der Waals surface area contributed by atoms with Crippen LogP contribution in [0.5, 0.6) is 5.75 Å². The number of halogens is 2. The van der Waals surface area contributed by atoms with E-state index in [0.29, 0.717) is 11.7 Å². The summed E-state index contributed by atoms with van der Waals surface area (Å²) in [6, 6.07) is 5.75. The molecule has 2 fully saturated rings. The smallest absolute Gasteiger partial charge is 0.169 e. The third-order valence-electron chi connectivity index (χ3n) is 4.67. The second-order valence-corrected chi connectivity index (χ2v) is 5.79. The highest BCUT2D eigenvalue weighted by Crippen LogP contribution is 2.43. The Bertz CT molecular complexity index is 462. The van der Waals surface area contributed by atoms with E-state index in [1.165, 1.54) is 26.4 Å². The molecule has 0 radical (unpaired) electrons. The standard InChI is InChI=1S/C16H23FN2O.ClH/c1-20-14-7-3-6-13(15(14)17)16(12-4-2-5-12)19-10-8-18-9-11-19;/h3,6-7,12,16,18H,2,4-5,8-11H2,1H3;1H/t16-;/m0./s1. The van der Waals surface area contributed by atoms with Crippen LogP contribution in [0.4, 0.5) is 4.39 Å². The van der Waals surface area contributed by atoms with Crippen LogP contribution in [-0.4, -0.2) is 38.2 Å². The normalized spacial score (nSPS) is 21.2. The Morgan fingerprint density at radius 3 is 2.57 bits per heavy atom. The third kappa shape index (κ3) is 3.33. The lowest BCUT2D eigenvalue weighted by Crippen LogP contribution is -2.48. The fraction of sp³-hybridized carbons (Fsp3) is 0.625. The second-order valence-electron chi connectivity index (χ2n) is 5.79. The van der Waals surface area contributed by atoms with E-state index >= 15 is 0 Å². The van der Waals surface area contributed by atoms with E-state index in [-0.39, 0.29) is 24.3 Å². The fourth-order valence-electron chi connectivity index (χ4n) is 3.38. The van der Waals surface area contributed by atoms with Crippen LogP contribution >= 0.6 is 12.4 Å². The molecule has 1 aromatic carbocycles. The van der Waals surface area contributed by atoms with Gasteiger partial charge in [-0.1, -0.05) is 18.6 Å². The van der Waals surface area contributed by atoms with E-state index in [2.05, 4.69) is 10.2 Å². The van der Waals surface area contributed by atoms with Crippen molar-refractivity contribution in [1.82, 2.24) is 10.2 Å². The lowest BCUT2D eigenvalue weighted by atomic mass is 9.76. The first-order chi connectivity index (χ1) is 9.81. The minimum Gasteiger partial charge on any atom is -0.494 e. The van der Waals surface area contributed by atoms with Crippen molar-refractivity contribution in [2.75, 3.05) is 33.3 Å². The fourth-order valence-corrected chi connectivity index (χ4v) is 3.38. The summed E-state index contributed by atoms with van der Waals surface area (Å²) in [6.45, 7) is 3.99. The molecule has 0 aromatic heterocycles. The number of benzene rings is 1. The molecule has 3 nitrogen and oxygen atoms in total. The zero-order valence-electron chi connectivity index (χ0n) is 12.5. The van der Waals surface area contributed by atoms with E-state index in [1.807, 2.05) is 12.1 Å². The molecular formula is C16H24ClFN2O. The summed E-state index contributed by atoms with van der Waals surface area (Å²) >= 11 is 0. The van der Waals surface area contributed by atoms with E-state index in [0.717, 1.165) is 31.7 Å². The number of ether oxygens (including phenoxy) is 1. The second kappa shape index (κ2) is 7.43. The maximum absolute atomic E-state index is 14.6. The highest BCUT2D eigenvalue weighted by molar-refractivity contribution is 5.85. The predicted octanol–water partition coefficient (Wildman–Crippen LogP) is 3.00. The molecule has 0 amide bonds. The molecule has 1 aliphatic heterocycles. The zero-order valence-corrected chi connectivity index (χ0v) is 13.3. The van der Waals surface area contributed by atoms with Crippen molar-refractivity contribution in [2.24, 2.45) is 5.92 Å². The summed E-state index contributed by atoms with van der Waals surface area (Å²) in [5, 5.41) is 3.37. The van der Waals surface area contributed by atoms with Gasteiger partial charge in [-0.05, 0) is 24.8 Å². The molecule has 1 atom stereocenters. The van der Waals surface area contributed by atoms with Gasteiger partial charge in [0.15, 0.2) is 11.6 Å². The quantitative estimate of drug-likeness (QED) is 0.924. The van der Waals surface area contributed by atoms with Crippen molar-refractivity contribution in [3.63, 3.8) is 0 Å². The molecule has 0 bridgehead atoms.